The lowest BCUT2D eigenvalue weighted by Gasteiger charge is -2.22. The molecule has 1 nitrogen and oxygen atoms in total. The van der Waals surface area contributed by atoms with Crippen LogP contribution in [-0.4, -0.2) is 18.8 Å². The lowest BCUT2D eigenvalue weighted by atomic mass is 10.0. The molecule has 0 amide bonds. The first-order chi connectivity index (χ1) is 8.93. The number of hydrogen-bond donors (Lipinski definition) is 1. The van der Waals surface area contributed by atoms with Crippen molar-refractivity contribution in [2.24, 2.45) is 0 Å². The maximum Gasteiger partial charge on any atom is 0.0422 e. The first-order valence-electron chi connectivity index (χ1n) is 6.41. The van der Waals surface area contributed by atoms with Crippen molar-refractivity contribution in [2.45, 2.75) is 5.25 Å². The molecule has 1 unspecified atom stereocenters. The normalized spacial score (nSPS) is 19.7. The Morgan fingerprint density at radius 1 is 0.889 bits per heavy atom. The van der Waals surface area contributed by atoms with Gasteiger partial charge in [-0.1, -0.05) is 54.6 Å². The van der Waals surface area contributed by atoms with Crippen LogP contribution in [0.1, 0.15) is 10.8 Å². The molecule has 0 radical (unpaired) electrons. The van der Waals surface area contributed by atoms with Gasteiger partial charge in [-0.05, 0) is 16.7 Å². The second-order valence-corrected chi connectivity index (χ2v) is 5.86. The summed E-state index contributed by atoms with van der Waals surface area (Å²) < 4.78 is 0. The van der Waals surface area contributed by atoms with Crippen LogP contribution >= 0.6 is 11.8 Å². The molecule has 1 atom stereocenters. The molecule has 1 aliphatic rings. The van der Waals surface area contributed by atoms with Crippen LogP contribution in [0, 0.1) is 0 Å². The summed E-state index contributed by atoms with van der Waals surface area (Å²) in [7, 11) is 0. The Hall–Kier alpha value is -1.25. The van der Waals surface area contributed by atoms with E-state index < -0.39 is 0 Å². The highest BCUT2D eigenvalue weighted by Crippen LogP contribution is 2.31. The SMILES string of the molecule is c1ccc(-c2ccc(C3CNCCS3)cc2)cc1. The van der Waals surface area contributed by atoms with Gasteiger partial charge in [0.2, 0.25) is 0 Å². The van der Waals surface area contributed by atoms with Crippen LogP contribution in [-0.2, 0) is 0 Å². The summed E-state index contributed by atoms with van der Waals surface area (Å²) in [6.45, 7) is 2.23. The maximum atomic E-state index is 3.46. The van der Waals surface area contributed by atoms with E-state index in [1.54, 1.807) is 0 Å². The summed E-state index contributed by atoms with van der Waals surface area (Å²) in [5.74, 6) is 1.21. The highest BCUT2D eigenvalue weighted by atomic mass is 32.2. The van der Waals surface area contributed by atoms with E-state index in [-0.39, 0.29) is 0 Å². The third-order valence-electron chi connectivity index (χ3n) is 3.32. The molecule has 1 aliphatic heterocycles. The Morgan fingerprint density at radius 3 is 2.28 bits per heavy atom. The molecule has 0 spiro atoms. The molecule has 0 aliphatic carbocycles. The smallest absolute Gasteiger partial charge is 0.0422 e. The molecule has 2 heteroatoms. The largest absolute Gasteiger partial charge is 0.314 e. The van der Waals surface area contributed by atoms with Crippen LogP contribution < -0.4 is 5.32 Å². The summed E-state index contributed by atoms with van der Waals surface area (Å²) in [4.78, 5) is 0. The third-order valence-corrected chi connectivity index (χ3v) is 4.60. The van der Waals surface area contributed by atoms with E-state index in [9.17, 15) is 0 Å². The molecule has 1 saturated heterocycles. The fourth-order valence-corrected chi connectivity index (χ4v) is 3.43. The van der Waals surface area contributed by atoms with Gasteiger partial charge >= 0.3 is 0 Å². The highest BCUT2D eigenvalue weighted by molar-refractivity contribution is 7.99. The summed E-state index contributed by atoms with van der Waals surface area (Å²) in [5, 5.41) is 4.07. The molecule has 1 N–H and O–H groups in total. The van der Waals surface area contributed by atoms with Gasteiger partial charge in [-0.3, -0.25) is 0 Å². The zero-order valence-corrected chi connectivity index (χ0v) is 11.1. The quantitative estimate of drug-likeness (QED) is 0.877. The summed E-state index contributed by atoms with van der Waals surface area (Å²) in [6, 6.07) is 19.6. The number of benzene rings is 2. The molecule has 92 valence electrons. The van der Waals surface area contributed by atoms with Crippen molar-refractivity contribution in [3.8, 4) is 11.1 Å². The van der Waals surface area contributed by atoms with Gasteiger partial charge in [0.05, 0.1) is 0 Å². The average molecular weight is 255 g/mol. The highest BCUT2D eigenvalue weighted by Gasteiger charge is 2.15. The molecule has 0 aromatic heterocycles. The predicted octanol–water partition coefficient (Wildman–Crippen LogP) is 3.73. The Bertz CT molecular complexity index is 486. The van der Waals surface area contributed by atoms with Crippen LogP contribution in [0.5, 0.6) is 0 Å². The molecule has 2 aromatic rings. The van der Waals surface area contributed by atoms with Crippen molar-refractivity contribution >= 4 is 11.8 Å². The Kier molecular flexibility index (Phi) is 3.67. The predicted molar refractivity (Wildman–Crippen MR) is 79.9 cm³/mol. The topological polar surface area (TPSA) is 12.0 Å². The molecule has 3 rings (SSSR count). The van der Waals surface area contributed by atoms with Crippen molar-refractivity contribution in [1.82, 2.24) is 5.32 Å². The van der Waals surface area contributed by atoms with E-state index in [0.717, 1.165) is 13.1 Å². The zero-order chi connectivity index (χ0) is 12.2. The van der Waals surface area contributed by atoms with Gasteiger partial charge in [0, 0.05) is 24.1 Å². The second-order valence-electron chi connectivity index (χ2n) is 4.55. The van der Waals surface area contributed by atoms with Crippen LogP contribution in [0.4, 0.5) is 0 Å². The summed E-state index contributed by atoms with van der Waals surface area (Å²) in [6.07, 6.45) is 0. The van der Waals surface area contributed by atoms with E-state index in [4.69, 9.17) is 0 Å². The average Bonchev–Trinajstić information content (AvgIpc) is 2.49. The summed E-state index contributed by atoms with van der Waals surface area (Å²) >= 11 is 2.06. The minimum atomic E-state index is 0.614. The fraction of sp³-hybridized carbons (Fsp3) is 0.250. The standard InChI is InChI=1S/C16H17NS/c1-2-4-13(5-3-1)14-6-8-15(9-7-14)16-12-17-10-11-18-16/h1-9,16-17H,10-12H2. The van der Waals surface area contributed by atoms with Gasteiger partial charge in [-0.25, -0.2) is 0 Å². The van der Waals surface area contributed by atoms with Crippen molar-refractivity contribution < 1.29 is 0 Å². The third kappa shape index (κ3) is 2.60. The number of rotatable bonds is 2. The summed E-state index contributed by atoms with van der Waals surface area (Å²) in [5.41, 5.74) is 4.03. The van der Waals surface area contributed by atoms with Crippen molar-refractivity contribution in [1.29, 1.82) is 0 Å². The second kappa shape index (κ2) is 5.59. The molecule has 1 fully saturated rings. The monoisotopic (exact) mass is 255 g/mol. The minimum Gasteiger partial charge on any atom is -0.314 e. The first kappa shape index (κ1) is 11.8. The van der Waals surface area contributed by atoms with Crippen molar-refractivity contribution in [3.05, 3.63) is 60.2 Å². The Morgan fingerprint density at radius 2 is 1.61 bits per heavy atom. The van der Waals surface area contributed by atoms with Crippen molar-refractivity contribution in [3.63, 3.8) is 0 Å². The molecular weight excluding hydrogens is 238 g/mol. The van der Waals surface area contributed by atoms with Crippen LogP contribution in [0.15, 0.2) is 54.6 Å². The maximum absolute atomic E-state index is 3.46. The molecule has 0 saturated carbocycles. The van der Waals surface area contributed by atoms with E-state index >= 15 is 0 Å². The van der Waals surface area contributed by atoms with Gasteiger partial charge in [0.1, 0.15) is 0 Å². The van der Waals surface area contributed by atoms with Crippen molar-refractivity contribution in [2.75, 3.05) is 18.8 Å². The number of thioether (sulfide) groups is 1. The molecule has 2 aromatic carbocycles. The fourth-order valence-electron chi connectivity index (χ4n) is 2.30. The Labute approximate surface area is 113 Å². The molecule has 18 heavy (non-hydrogen) atoms. The lowest BCUT2D eigenvalue weighted by molar-refractivity contribution is 0.689. The zero-order valence-electron chi connectivity index (χ0n) is 10.3. The van der Waals surface area contributed by atoms with E-state index in [1.807, 2.05) is 0 Å². The van der Waals surface area contributed by atoms with E-state index in [2.05, 4.69) is 71.7 Å². The molecular formula is C16H17NS. The van der Waals surface area contributed by atoms with Gasteiger partial charge in [-0.15, -0.1) is 0 Å². The molecule has 1 heterocycles. The van der Waals surface area contributed by atoms with Gasteiger partial charge in [0.25, 0.3) is 0 Å². The Balaban J connectivity index is 1.80. The number of nitrogens with one attached hydrogen (secondary N) is 1. The van der Waals surface area contributed by atoms with E-state index in [1.165, 1.54) is 22.4 Å². The van der Waals surface area contributed by atoms with Crippen LogP contribution in [0.3, 0.4) is 0 Å². The number of hydrogen-bond acceptors (Lipinski definition) is 2. The first-order valence-corrected chi connectivity index (χ1v) is 7.46. The van der Waals surface area contributed by atoms with Gasteiger partial charge in [-0.2, -0.15) is 11.8 Å². The van der Waals surface area contributed by atoms with Gasteiger partial charge < -0.3 is 5.32 Å². The van der Waals surface area contributed by atoms with Gasteiger partial charge in [0.15, 0.2) is 0 Å². The van der Waals surface area contributed by atoms with E-state index in [0.29, 0.717) is 5.25 Å². The lowest BCUT2D eigenvalue weighted by Crippen LogP contribution is -2.28. The molecule has 0 bridgehead atoms. The minimum absolute atomic E-state index is 0.614. The van der Waals surface area contributed by atoms with Crippen LogP contribution in [0.2, 0.25) is 0 Å². The van der Waals surface area contributed by atoms with Crippen LogP contribution in [0.25, 0.3) is 11.1 Å².